The number of benzene rings is 1. The lowest BCUT2D eigenvalue weighted by Crippen LogP contribution is -2.22. The normalized spacial score (nSPS) is 14.2. The molecule has 164 valence electrons. The zero-order valence-electron chi connectivity index (χ0n) is 17.5. The van der Waals surface area contributed by atoms with Crippen LogP contribution in [0.4, 0.5) is 5.82 Å². The second-order valence-electron chi connectivity index (χ2n) is 7.45. The smallest absolute Gasteiger partial charge is 0.292 e. The zero-order chi connectivity index (χ0) is 22.8. The van der Waals surface area contributed by atoms with E-state index in [4.69, 9.17) is 27.6 Å². The molecule has 2 heterocycles. The van der Waals surface area contributed by atoms with Crippen molar-refractivity contribution in [1.82, 2.24) is 10.4 Å². The van der Waals surface area contributed by atoms with Gasteiger partial charge in [-0.15, -0.1) is 0 Å². The average Bonchev–Trinajstić information content (AvgIpc) is 3.09. The van der Waals surface area contributed by atoms with E-state index in [0.29, 0.717) is 40.7 Å². The summed E-state index contributed by atoms with van der Waals surface area (Å²) in [6.07, 6.45) is 2.11. The molecule has 0 unspecified atom stereocenters. The van der Waals surface area contributed by atoms with Crippen molar-refractivity contribution in [2.75, 3.05) is 5.32 Å². The summed E-state index contributed by atoms with van der Waals surface area (Å²) in [7, 11) is 0. The molecule has 0 fully saturated rings. The van der Waals surface area contributed by atoms with Gasteiger partial charge in [0.1, 0.15) is 11.6 Å². The largest absolute Gasteiger partial charge is 0.455 e. The first-order valence-electron chi connectivity index (χ1n) is 10.0. The van der Waals surface area contributed by atoms with Crippen molar-refractivity contribution in [3.63, 3.8) is 0 Å². The molecule has 9 heteroatoms. The van der Waals surface area contributed by atoms with Crippen LogP contribution in [0.3, 0.4) is 0 Å². The number of aromatic nitrogens is 1. The van der Waals surface area contributed by atoms with Gasteiger partial charge in [-0.2, -0.15) is 5.10 Å². The maximum atomic E-state index is 12.8. The molecule has 2 aromatic heterocycles. The summed E-state index contributed by atoms with van der Waals surface area (Å²) in [6, 6.07) is 10.0. The highest BCUT2D eigenvalue weighted by Crippen LogP contribution is 2.30. The molecular formula is C23H20Cl2N4O3. The molecule has 0 spiro atoms. The SMILES string of the molecule is Cc1cccc(NC(=O)c2oc3c(c2C)/C(=N/NC(=O)c2ccc(Cl)cc2Cl)CCC3)n1. The number of anilines is 1. The van der Waals surface area contributed by atoms with Gasteiger partial charge in [-0.3, -0.25) is 9.59 Å². The second kappa shape index (κ2) is 9.14. The molecule has 0 aliphatic heterocycles. The minimum Gasteiger partial charge on any atom is -0.455 e. The van der Waals surface area contributed by atoms with E-state index in [2.05, 4.69) is 20.8 Å². The van der Waals surface area contributed by atoms with Crippen LogP contribution in [0, 0.1) is 13.8 Å². The molecule has 3 aromatic rings. The van der Waals surface area contributed by atoms with Crippen molar-refractivity contribution in [3.8, 4) is 0 Å². The summed E-state index contributed by atoms with van der Waals surface area (Å²) in [5.74, 6) is 0.501. The average molecular weight is 471 g/mol. The van der Waals surface area contributed by atoms with Crippen molar-refractivity contribution < 1.29 is 14.0 Å². The molecule has 1 aliphatic carbocycles. The van der Waals surface area contributed by atoms with E-state index in [1.807, 2.05) is 19.1 Å². The van der Waals surface area contributed by atoms with Crippen molar-refractivity contribution >= 4 is 46.5 Å². The predicted molar refractivity (Wildman–Crippen MR) is 124 cm³/mol. The van der Waals surface area contributed by atoms with E-state index in [0.717, 1.165) is 17.7 Å². The number of fused-ring (bicyclic) bond motifs is 1. The van der Waals surface area contributed by atoms with Crippen LogP contribution < -0.4 is 10.7 Å². The van der Waals surface area contributed by atoms with E-state index >= 15 is 0 Å². The van der Waals surface area contributed by atoms with Gasteiger partial charge < -0.3 is 9.73 Å². The summed E-state index contributed by atoms with van der Waals surface area (Å²) >= 11 is 12.0. The van der Waals surface area contributed by atoms with Crippen molar-refractivity contribution in [3.05, 3.63) is 80.3 Å². The van der Waals surface area contributed by atoms with Gasteiger partial charge in [0.2, 0.25) is 0 Å². The first-order valence-corrected chi connectivity index (χ1v) is 10.8. The van der Waals surface area contributed by atoms with E-state index in [1.54, 1.807) is 19.1 Å². The number of nitrogens with zero attached hydrogens (tertiary/aromatic N) is 2. The number of furan rings is 1. The summed E-state index contributed by atoms with van der Waals surface area (Å²) in [5, 5.41) is 7.76. The van der Waals surface area contributed by atoms with E-state index in [1.165, 1.54) is 12.1 Å². The third kappa shape index (κ3) is 4.54. The molecule has 1 aliphatic rings. The number of amides is 2. The Kier molecular flexibility index (Phi) is 6.30. The minimum absolute atomic E-state index is 0.208. The summed E-state index contributed by atoms with van der Waals surface area (Å²) in [6.45, 7) is 3.65. The zero-order valence-corrected chi connectivity index (χ0v) is 19.0. The number of hydrogen-bond donors (Lipinski definition) is 2. The van der Waals surface area contributed by atoms with Gasteiger partial charge in [0, 0.05) is 28.3 Å². The molecule has 0 bridgehead atoms. The van der Waals surface area contributed by atoms with Crippen LogP contribution in [0.25, 0.3) is 0 Å². The second-order valence-corrected chi connectivity index (χ2v) is 8.29. The summed E-state index contributed by atoms with van der Waals surface area (Å²) in [4.78, 5) is 29.6. The lowest BCUT2D eigenvalue weighted by molar-refractivity contribution is 0.0953. The van der Waals surface area contributed by atoms with E-state index < -0.39 is 5.91 Å². The summed E-state index contributed by atoms with van der Waals surface area (Å²) in [5.41, 5.74) is 5.69. The Bertz CT molecular complexity index is 1250. The van der Waals surface area contributed by atoms with Crippen LogP contribution in [0.1, 0.15) is 56.3 Å². The van der Waals surface area contributed by atoms with Gasteiger partial charge in [0.15, 0.2) is 5.76 Å². The van der Waals surface area contributed by atoms with Crippen LogP contribution in [-0.4, -0.2) is 22.5 Å². The Hall–Kier alpha value is -3.16. The fourth-order valence-electron chi connectivity index (χ4n) is 3.63. The Morgan fingerprint density at radius 1 is 1.09 bits per heavy atom. The molecule has 2 amide bonds. The molecule has 0 radical (unpaired) electrons. The monoisotopic (exact) mass is 470 g/mol. The molecule has 2 N–H and O–H groups in total. The Labute approximate surface area is 194 Å². The van der Waals surface area contributed by atoms with Crippen LogP contribution in [0.15, 0.2) is 45.9 Å². The molecule has 4 rings (SSSR count). The highest BCUT2D eigenvalue weighted by molar-refractivity contribution is 6.36. The minimum atomic E-state index is -0.448. The molecule has 0 atom stereocenters. The van der Waals surface area contributed by atoms with Gasteiger partial charge in [-0.25, -0.2) is 10.4 Å². The van der Waals surface area contributed by atoms with Gasteiger partial charge in [0.25, 0.3) is 11.8 Å². The topological polar surface area (TPSA) is 96.6 Å². The summed E-state index contributed by atoms with van der Waals surface area (Å²) < 4.78 is 5.89. The van der Waals surface area contributed by atoms with Gasteiger partial charge in [-0.05, 0) is 57.0 Å². The third-order valence-electron chi connectivity index (χ3n) is 5.13. The van der Waals surface area contributed by atoms with E-state index in [-0.39, 0.29) is 22.3 Å². The van der Waals surface area contributed by atoms with Gasteiger partial charge in [-0.1, -0.05) is 29.3 Å². The lowest BCUT2D eigenvalue weighted by atomic mass is 9.93. The fourth-order valence-corrected chi connectivity index (χ4v) is 4.13. The number of hydrogen-bond acceptors (Lipinski definition) is 5. The van der Waals surface area contributed by atoms with Crippen molar-refractivity contribution in [2.45, 2.75) is 33.1 Å². The molecule has 1 aromatic carbocycles. The van der Waals surface area contributed by atoms with Crippen LogP contribution in [0.5, 0.6) is 0 Å². The Morgan fingerprint density at radius 3 is 2.66 bits per heavy atom. The van der Waals surface area contributed by atoms with Crippen LogP contribution in [-0.2, 0) is 6.42 Å². The fraction of sp³-hybridized carbons (Fsp3) is 0.217. The first kappa shape index (κ1) is 22.0. The maximum Gasteiger partial charge on any atom is 0.292 e. The maximum absolute atomic E-state index is 12.8. The first-order chi connectivity index (χ1) is 15.3. The number of hydrazone groups is 1. The van der Waals surface area contributed by atoms with Crippen molar-refractivity contribution in [1.29, 1.82) is 0 Å². The third-order valence-corrected chi connectivity index (χ3v) is 5.68. The highest BCUT2D eigenvalue weighted by Gasteiger charge is 2.28. The number of carbonyl (C=O) groups is 2. The molecule has 0 saturated heterocycles. The van der Waals surface area contributed by atoms with Gasteiger partial charge in [0.05, 0.1) is 16.3 Å². The molecular weight excluding hydrogens is 451 g/mol. The number of pyridine rings is 1. The Morgan fingerprint density at radius 2 is 1.91 bits per heavy atom. The predicted octanol–water partition coefficient (Wildman–Crippen LogP) is 5.32. The number of aryl methyl sites for hydroxylation is 2. The standard InChI is InChI=1S/C23H20Cl2N4O3/c1-12-5-3-8-19(26-12)27-23(31)21-13(2)20-17(6-4-7-18(20)32-21)28-29-22(30)15-10-9-14(24)11-16(15)25/h3,5,8-11H,4,6-7H2,1-2H3,(H,29,30)(H,26,27,31)/b28-17+. The van der Waals surface area contributed by atoms with Crippen LogP contribution >= 0.6 is 23.2 Å². The number of rotatable bonds is 4. The lowest BCUT2D eigenvalue weighted by Gasteiger charge is -2.13. The molecule has 7 nitrogen and oxygen atoms in total. The molecule has 0 saturated carbocycles. The number of halogens is 2. The molecule has 32 heavy (non-hydrogen) atoms. The Balaban J connectivity index is 1.57. The highest BCUT2D eigenvalue weighted by atomic mass is 35.5. The van der Waals surface area contributed by atoms with Gasteiger partial charge >= 0.3 is 0 Å². The van der Waals surface area contributed by atoms with Crippen LogP contribution in [0.2, 0.25) is 10.0 Å². The number of nitrogens with one attached hydrogen (secondary N) is 2. The number of carbonyl (C=O) groups excluding carboxylic acids is 2. The van der Waals surface area contributed by atoms with E-state index in [9.17, 15) is 9.59 Å². The van der Waals surface area contributed by atoms with Crippen molar-refractivity contribution in [2.24, 2.45) is 5.10 Å². The quantitative estimate of drug-likeness (QED) is 0.504.